The summed E-state index contributed by atoms with van der Waals surface area (Å²) in [6.07, 6.45) is 3.55. The van der Waals surface area contributed by atoms with Crippen molar-refractivity contribution in [2.75, 3.05) is 0 Å². The molecule has 0 atom stereocenters. The molecule has 0 saturated heterocycles. The third kappa shape index (κ3) is 2.28. The maximum atomic E-state index is 13.2. The molecule has 0 unspecified atom stereocenters. The van der Waals surface area contributed by atoms with Crippen molar-refractivity contribution in [3.05, 3.63) is 59.7 Å². The molecule has 0 radical (unpaired) electrons. The van der Waals surface area contributed by atoms with E-state index < -0.39 is 11.7 Å². The number of nitrogens with one attached hydrogen (secondary N) is 2. The predicted octanol–water partition coefficient (Wildman–Crippen LogP) is 2.08. The van der Waals surface area contributed by atoms with E-state index in [-0.39, 0.29) is 5.56 Å². The summed E-state index contributed by atoms with van der Waals surface area (Å²) in [6, 6.07) is 7.77. The summed E-state index contributed by atoms with van der Waals surface area (Å²) in [5, 5.41) is 2.64. The van der Waals surface area contributed by atoms with Crippen LogP contribution in [0.4, 0.5) is 4.39 Å². The van der Waals surface area contributed by atoms with E-state index in [9.17, 15) is 9.18 Å². The van der Waals surface area contributed by atoms with Crippen molar-refractivity contribution >= 4 is 5.91 Å². The lowest BCUT2D eigenvalue weighted by molar-refractivity contribution is 0.0947. The molecule has 0 fully saturated rings. The number of carbonyl (C=O) groups excluding carboxylic acids is 1. The van der Waals surface area contributed by atoms with Gasteiger partial charge in [0.1, 0.15) is 5.82 Å². The average Bonchev–Trinajstić information content (AvgIpc) is 2.79. The highest BCUT2D eigenvalue weighted by Gasteiger charge is 2.09. The zero-order chi connectivity index (χ0) is 11.4. The van der Waals surface area contributed by atoms with Crippen molar-refractivity contribution < 1.29 is 9.18 Å². The van der Waals surface area contributed by atoms with Crippen LogP contribution in [0.2, 0.25) is 0 Å². The third-order valence-electron chi connectivity index (χ3n) is 2.23. The van der Waals surface area contributed by atoms with E-state index in [1.807, 2.05) is 6.07 Å². The van der Waals surface area contributed by atoms with Crippen LogP contribution in [-0.4, -0.2) is 10.9 Å². The largest absolute Gasteiger partial charge is 0.367 e. The van der Waals surface area contributed by atoms with Crippen molar-refractivity contribution in [1.82, 2.24) is 10.3 Å². The molecule has 2 N–H and O–H groups in total. The molecule has 0 aliphatic carbocycles. The van der Waals surface area contributed by atoms with E-state index in [1.165, 1.54) is 12.1 Å². The van der Waals surface area contributed by atoms with Gasteiger partial charge in [0.05, 0.1) is 5.56 Å². The Morgan fingerprint density at radius 1 is 1.31 bits per heavy atom. The molecule has 0 aliphatic heterocycles. The van der Waals surface area contributed by atoms with Crippen LogP contribution >= 0.6 is 0 Å². The second-order valence-electron chi connectivity index (χ2n) is 3.38. The second-order valence-corrected chi connectivity index (χ2v) is 3.38. The predicted molar refractivity (Wildman–Crippen MR) is 58.4 cm³/mol. The minimum atomic E-state index is -0.505. The molecule has 1 aromatic heterocycles. The Morgan fingerprint density at radius 3 is 2.81 bits per heavy atom. The first-order valence-electron chi connectivity index (χ1n) is 4.92. The van der Waals surface area contributed by atoms with Gasteiger partial charge >= 0.3 is 0 Å². The Morgan fingerprint density at radius 2 is 2.12 bits per heavy atom. The molecule has 3 nitrogen and oxygen atoms in total. The smallest absolute Gasteiger partial charge is 0.254 e. The van der Waals surface area contributed by atoms with Crippen molar-refractivity contribution in [1.29, 1.82) is 0 Å². The molecule has 0 bridgehead atoms. The molecular weight excluding hydrogens is 207 g/mol. The molecule has 82 valence electrons. The Kier molecular flexibility index (Phi) is 3.00. The normalized spacial score (nSPS) is 10.1. The van der Waals surface area contributed by atoms with E-state index in [0.29, 0.717) is 6.54 Å². The van der Waals surface area contributed by atoms with E-state index in [1.54, 1.807) is 24.5 Å². The monoisotopic (exact) mass is 218 g/mol. The van der Waals surface area contributed by atoms with Crippen LogP contribution in [0.25, 0.3) is 0 Å². The number of hydrogen-bond donors (Lipinski definition) is 2. The molecule has 16 heavy (non-hydrogen) atoms. The number of halogens is 1. The van der Waals surface area contributed by atoms with Gasteiger partial charge in [0.15, 0.2) is 0 Å². The summed E-state index contributed by atoms with van der Waals surface area (Å²) >= 11 is 0. The van der Waals surface area contributed by atoms with Crippen LogP contribution in [0.3, 0.4) is 0 Å². The number of aromatic amines is 1. The van der Waals surface area contributed by atoms with Crippen LogP contribution < -0.4 is 5.32 Å². The fourth-order valence-corrected chi connectivity index (χ4v) is 1.39. The fourth-order valence-electron chi connectivity index (χ4n) is 1.39. The molecule has 0 aliphatic rings. The zero-order valence-corrected chi connectivity index (χ0v) is 8.53. The number of amides is 1. The number of carbonyl (C=O) groups is 1. The molecule has 4 heteroatoms. The Hall–Kier alpha value is -2.10. The third-order valence-corrected chi connectivity index (χ3v) is 2.23. The first-order chi connectivity index (χ1) is 7.77. The first kappa shape index (κ1) is 10.4. The Labute approximate surface area is 92.3 Å². The van der Waals surface area contributed by atoms with Gasteiger partial charge in [0, 0.05) is 18.9 Å². The van der Waals surface area contributed by atoms with Crippen LogP contribution in [0.15, 0.2) is 42.7 Å². The van der Waals surface area contributed by atoms with Crippen LogP contribution in [0.1, 0.15) is 15.9 Å². The van der Waals surface area contributed by atoms with Gasteiger partial charge in [-0.1, -0.05) is 12.1 Å². The molecule has 0 saturated carbocycles. The van der Waals surface area contributed by atoms with Gasteiger partial charge in [0.2, 0.25) is 0 Å². The lowest BCUT2D eigenvalue weighted by atomic mass is 10.2. The molecule has 2 aromatic rings. The quantitative estimate of drug-likeness (QED) is 0.814. The highest BCUT2D eigenvalue weighted by atomic mass is 19.1. The highest BCUT2D eigenvalue weighted by Crippen LogP contribution is 2.06. The van der Waals surface area contributed by atoms with Gasteiger partial charge in [-0.25, -0.2) is 4.39 Å². The Bertz CT molecular complexity index is 480. The minimum absolute atomic E-state index is 0.0676. The number of hydrogen-bond acceptors (Lipinski definition) is 1. The SMILES string of the molecule is O=C(NCc1cc[nH]c1)c1ccccc1F. The van der Waals surface area contributed by atoms with Crippen LogP contribution in [-0.2, 0) is 6.54 Å². The summed E-state index contributed by atoms with van der Waals surface area (Å²) < 4.78 is 13.2. The van der Waals surface area contributed by atoms with Gasteiger partial charge in [-0.05, 0) is 23.8 Å². The summed E-state index contributed by atoms with van der Waals surface area (Å²) in [5.41, 5.74) is 1.02. The number of benzene rings is 1. The fraction of sp³-hybridized carbons (Fsp3) is 0.0833. The average molecular weight is 218 g/mol. The molecule has 1 heterocycles. The summed E-state index contributed by atoms with van der Waals surface area (Å²) in [7, 11) is 0. The summed E-state index contributed by atoms with van der Waals surface area (Å²) in [4.78, 5) is 14.5. The summed E-state index contributed by atoms with van der Waals surface area (Å²) in [5.74, 6) is -0.909. The lowest BCUT2D eigenvalue weighted by Gasteiger charge is -2.04. The van der Waals surface area contributed by atoms with Crippen molar-refractivity contribution in [2.45, 2.75) is 6.54 Å². The molecule has 0 spiro atoms. The number of aromatic nitrogens is 1. The van der Waals surface area contributed by atoms with Gasteiger partial charge in [0.25, 0.3) is 5.91 Å². The van der Waals surface area contributed by atoms with Gasteiger partial charge in [-0.3, -0.25) is 4.79 Å². The van der Waals surface area contributed by atoms with Gasteiger partial charge in [-0.2, -0.15) is 0 Å². The van der Waals surface area contributed by atoms with Gasteiger partial charge in [-0.15, -0.1) is 0 Å². The van der Waals surface area contributed by atoms with Crippen molar-refractivity contribution in [3.63, 3.8) is 0 Å². The van der Waals surface area contributed by atoms with E-state index in [0.717, 1.165) is 5.56 Å². The molecular formula is C12H11FN2O. The Balaban J connectivity index is 2.01. The topological polar surface area (TPSA) is 44.9 Å². The second kappa shape index (κ2) is 4.61. The number of rotatable bonds is 3. The zero-order valence-electron chi connectivity index (χ0n) is 8.53. The van der Waals surface area contributed by atoms with Crippen LogP contribution in [0.5, 0.6) is 0 Å². The van der Waals surface area contributed by atoms with E-state index >= 15 is 0 Å². The van der Waals surface area contributed by atoms with E-state index in [4.69, 9.17) is 0 Å². The van der Waals surface area contributed by atoms with E-state index in [2.05, 4.69) is 10.3 Å². The summed E-state index contributed by atoms with van der Waals surface area (Å²) in [6.45, 7) is 0.386. The molecule has 1 aromatic carbocycles. The van der Waals surface area contributed by atoms with Gasteiger partial charge < -0.3 is 10.3 Å². The minimum Gasteiger partial charge on any atom is -0.367 e. The van der Waals surface area contributed by atoms with Crippen molar-refractivity contribution in [2.24, 2.45) is 0 Å². The standard InChI is InChI=1S/C12H11FN2O/c13-11-4-2-1-3-10(11)12(16)15-8-9-5-6-14-7-9/h1-7,14H,8H2,(H,15,16). The maximum Gasteiger partial charge on any atom is 0.254 e. The lowest BCUT2D eigenvalue weighted by Crippen LogP contribution is -2.23. The highest BCUT2D eigenvalue weighted by molar-refractivity contribution is 5.94. The molecule has 2 rings (SSSR count). The van der Waals surface area contributed by atoms with Crippen molar-refractivity contribution in [3.8, 4) is 0 Å². The van der Waals surface area contributed by atoms with Crippen LogP contribution in [0, 0.1) is 5.82 Å². The maximum absolute atomic E-state index is 13.2. The first-order valence-corrected chi connectivity index (χ1v) is 4.92. The molecule has 1 amide bonds. The number of H-pyrrole nitrogens is 1.